The monoisotopic (exact) mass is 145 g/mol. The van der Waals surface area contributed by atoms with Gasteiger partial charge in [0.05, 0.1) is 6.04 Å². The summed E-state index contributed by atoms with van der Waals surface area (Å²) in [7, 11) is 1.64. The molecule has 0 spiro atoms. The minimum absolute atomic E-state index is 0.259. The summed E-state index contributed by atoms with van der Waals surface area (Å²) >= 11 is 0. The minimum atomic E-state index is -1.05. The Morgan fingerprint density at radius 1 is 1.80 bits per heavy atom. The van der Waals surface area contributed by atoms with E-state index < -0.39 is 6.09 Å². The number of hydrogen-bond donors (Lipinski definition) is 3. The number of hydrazone groups is 1. The zero-order valence-corrected chi connectivity index (χ0v) is 5.96. The zero-order chi connectivity index (χ0) is 7.98. The van der Waals surface area contributed by atoms with E-state index in [0.717, 1.165) is 0 Å². The smallest absolute Gasteiger partial charge is 0.405 e. The summed E-state index contributed by atoms with van der Waals surface area (Å²) in [4.78, 5) is 9.98. The molecular formula is C5H11N3O2. The van der Waals surface area contributed by atoms with Crippen LogP contribution in [-0.4, -0.2) is 30.5 Å². The Kier molecular flexibility index (Phi) is 4.02. The van der Waals surface area contributed by atoms with Gasteiger partial charge >= 0.3 is 6.09 Å². The Labute approximate surface area is 59.1 Å². The highest BCUT2D eigenvalue weighted by Crippen LogP contribution is 1.74. The second kappa shape index (κ2) is 4.60. The maximum absolute atomic E-state index is 9.98. The first-order valence-corrected chi connectivity index (χ1v) is 2.86. The molecule has 3 N–H and O–H groups in total. The third-order valence-electron chi connectivity index (χ3n) is 0.778. The van der Waals surface area contributed by atoms with Gasteiger partial charge in [0, 0.05) is 13.3 Å². The van der Waals surface area contributed by atoms with Gasteiger partial charge < -0.3 is 15.8 Å². The van der Waals surface area contributed by atoms with Gasteiger partial charge in [-0.15, -0.1) is 0 Å². The number of amides is 1. The molecule has 0 saturated carbocycles. The Hall–Kier alpha value is -1.26. The van der Waals surface area contributed by atoms with Crippen LogP contribution in [0, 0.1) is 0 Å². The van der Waals surface area contributed by atoms with E-state index in [1.165, 1.54) is 6.21 Å². The van der Waals surface area contributed by atoms with Gasteiger partial charge in [-0.3, -0.25) is 0 Å². The lowest BCUT2D eigenvalue weighted by Gasteiger charge is -2.02. The average Bonchev–Trinajstić information content (AvgIpc) is 1.82. The molecule has 0 rings (SSSR count). The SMILES string of the molecule is CN/N=C/[C@H](C)NC(=O)O. The molecule has 0 bridgehead atoms. The first kappa shape index (κ1) is 8.74. The topological polar surface area (TPSA) is 73.7 Å². The largest absolute Gasteiger partial charge is 0.465 e. The lowest BCUT2D eigenvalue weighted by Crippen LogP contribution is -2.32. The number of nitrogens with zero attached hydrogens (tertiary/aromatic N) is 1. The summed E-state index contributed by atoms with van der Waals surface area (Å²) in [6.07, 6.45) is 0.420. The molecule has 10 heavy (non-hydrogen) atoms. The summed E-state index contributed by atoms with van der Waals surface area (Å²) in [5.74, 6) is 0. The second-order valence-corrected chi connectivity index (χ2v) is 1.74. The molecule has 58 valence electrons. The maximum Gasteiger partial charge on any atom is 0.405 e. The van der Waals surface area contributed by atoms with Crippen LogP contribution < -0.4 is 10.7 Å². The van der Waals surface area contributed by atoms with Crippen LogP contribution in [0.4, 0.5) is 4.79 Å². The Morgan fingerprint density at radius 2 is 2.40 bits per heavy atom. The summed E-state index contributed by atoms with van der Waals surface area (Å²) in [6, 6.07) is -0.259. The Bertz CT molecular complexity index is 135. The van der Waals surface area contributed by atoms with Crippen molar-refractivity contribution < 1.29 is 9.90 Å². The molecule has 5 nitrogen and oxygen atoms in total. The van der Waals surface area contributed by atoms with Gasteiger partial charge in [-0.25, -0.2) is 4.79 Å². The van der Waals surface area contributed by atoms with Gasteiger partial charge in [-0.1, -0.05) is 0 Å². The molecule has 0 aromatic carbocycles. The van der Waals surface area contributed by atoms with Gasteiger partial charge in [-0.05, 0) is 6.92 Å². The average molecular weight is 145 g/mol. The molecule has 0 aromatic rings. The normalized spacial score (nSPS) is 13.0. The number of hydrogen-bond acceptors (Lipinski definition) is 3. The molecule has 1 amide bonds. The van der Waals surface area contributed by atoms with Crippen LogP contribution in [0.1, 0.15) is 6.92 Å². The second-order valence-electron chi connectivity index (χ2n) is 1.74. The number of carboxylic acid groups (broad SMARTS) is 1. The van der Waals surface area contributed by atoms with Crippen LogP contribution in [0.5, 0.6) is 0 Å². The number of carbonyl (C=O) groups is 1. The molecule has 5 heteroatoms. The van der Waals surface area contributed by atoms with Crippen molar-refractivity contribution in [2.75, 3.05) is 7.05 Å². The Morgan fingerprint density at radius 3 is 2.80 bits per heavy atom. The minimum Gasteiger partial charge on any atom is -0.465 e. The fourth-order valence-corrected chi connectivity index (χ4v) is 0.418. The van der Waals surface area contributed by atoms with Crippen LogP contribution in [0.25, 0.3) is 0 Å². The molecule has 0 aliphatic rings. The molecule has 0 aliphatic carbocycles. The number of rotatable bonds is 3. The van der Waals surface area contributed by atoms with Crippen molar-refractivity contribution in [3.8, 4) is 0 Å². The highest BCUT2D eigenvalue weighted by Gasteiger charge is 1.99. The molecule has 0 aromatic heterocycles. The van der Waals surface area contributed by atoms with Crippen molar-refractivity contribution in [1.29, 1.82) is 0 Å². The summed E-state index contributed by atoms with van der Waals surface area (Å²) in [5.41, 5.74) is 2.51. The molecule has 0 radical (unpaired) electrons. The van der Waals surface area contributed by atoms with Gasteiger partial charge in [0.2, 0.25) is 0 Å². The van der Waals surface area contributed by atoms with Gasteiger partial charge in [0.25, 0.3) is 0 Å². The highest BCUT2D eigenvalue weighted by atomic mass is 16.4. The molecule has 0 fully saturated rings. The predicted octanol–water partition coefficient (Wildman–Crippen LogP) is -0.152. The van der Waals surface area contributed by atoms with Crippen molar-refractivity contribution >= 4 is 12.3 Å². The highest BCUT2D eigenvalue weighted by molar-refractivity contribution is 5.73. The quantitative estimate of drug-likeness (QED) is 0.382. The van der Waals surface area contributed by atoms with E-state index >= 15 is 0 Å². The van der Waals surface area contributed by atoms with Crippen LogP contribution in [-0.2, 0) is 0 Å². The first-order valence-electron chi connectivity index (χ1n) is 2.86. The molecule has 0 unspecified atom stereocenters. The third kappa shape index (κ3) is 4.89. The van der Waals surface area contributed by atoms with E-state index in [1.54, 1.807) is 14.0 Å². The predicted molar refractivity (Wildman–Crippen MR) is 38.2 cm³/mol. The van der Waals surface area contributed by atoms with Gasteiger partial charge in [0.15, 0.2) is 0 Å². The standard InChI is InChI=1S/C5H11N3O2/c1-4(3-7-6-2)8-5(9)10/h3-4,6,8H,1-2H3,(H,9,10)/b7-3+/t4-/m0/s1. The van der Waals surface area contributed by atoms with Crippen LogP contribution in [0.2, 0.25) is 0 Å². The van der Waals surface area contributed by atoms with Gasteiger partial charge in [-0.2, -0.15) is 5.10 Å². The van der Waals surface area contributed by atoms with Crippen molar-refractivity contribution in [3.05, 3.63) is 0 Å². The van der Waals surface area contributed by atoms with E-state index in [4.69, 9.17) is 5.11 Å². The maximum atomic E-state index is 9.98. The molecule has 0 heterocycles. The number of nitrogens with one attached hydrogen (secondary N) is 2. The van der Waals surface area contributed by atoms with Crippen molar-refractivity contribution in [1.82, 2.24) is 10.7 Å². The molecule has 0 aliphatic heterocycles. The lowest BCUT2D eigenvalue weighted by molar-refractivity contribution is 0.193. The molecular weight excluding hydrogens is 134 g/mol. The fourth-order valence-electron chi connectivity index (χ4n) is 0.418. The molecule has 1 atom stereocenters. The summed E-state index contributed by atoms with van der Waals surface area (Å²) in [6.45, 7) is 1.69. The summed E-state index contributed by atoms with van der Waals surface area (Å²) < 4.78 is 0. The van der Waals surface area contributed by atoms with Crippen LogP contribution in [0.15, 0.2) is 5.10 Å². The van der Waals surface area contributed by atoms with Crippen LogP contribution in [0.3, 0.4) is 0 Å². The van der Waals surface area contributed by atoms with E-state index in [2.05, 4.69) is 15.8 Å². The van der Waals surface area contributed by atoms with Crippen molar-refractivity contribution in [2.24, 2.45) is 5.10 Å². The van der Waals surface area contributed by atoms with E-state index in [9.17, 15) is 4.79 Å². The van der Waals surface area contributed by atoms with Gasteiger partial charge in [0.1, 0.15) is 0 Å². The zero-order valence-electron chi connectivity index (χ0n) is 5.96. The third-order valence-corrected chi connectivity index (χ3v) is 0.778. The lowest BCUT2D eigenvalue weighted by atomic mass is 10.4. The van der Waals surface area contributed by atoms with E-state index in [1.807, 2.05) is 0 Å². The summed E-state index contributed by atoms with van der Waals surface area (Å²) in [5, 5.41) is 14.0. The molecule has 0 saturated heterocycles. The van der Waals surface area contributed by atoms with Crippen molar-refractivity contribution in [2.45, 2.75) is 13.0 Å². The van der Waals surface area contributed by atoms with Crippen molar-refractivity contribution in [3.63, 3.8) is 0 Å². The Balaban J connectivity index is 3.52. The van der Waals surface area contributed by atoms with Crippen LogP contribution >= 0.6 is 0 Å². The van der Waals surface area contributed by atoms with E-state index in [0.29, 0.717) is 0 Å². The van der Waals surface area contributed by atoms with E-state index in [-0.39, 0.29) is 6.04 Å². The fraction of sp³-hybridized carbons (Fsp3) is 0.600. The first-order chi connectivity index (χ1) is 4.66.